The van der Waals surface area contributed by atoms with Crippen molar-refractivity contribution in [3.05, 3.63) is 56.2 Å². The normalized spacial score (nSPS) is 18.8. The zero-order chi connectivity index (χ0) is 12.7. The molecule has 0 amide bonds. The summed E-state index contributed by atoms with van der Waals surface area (Å²) in [4.78, 5) is 3.79. The van der Waals surface area contributed by atoms with Gasteiger partial charge in [-0.25, -0.2) is 0 Å². The molecule has 19 heavy (non-hydrogen) atoms. The van der Waals surface area contributed by atoms with Crippen LogP contribution in [0, 0.1) is 6.92 Å². The van der Waals surface area contributed by atoms with Gasteiger partial charge < -0.3 is 4.90 Å². The number of thiophene rings is 1. The molecule has 0 spiro atoms. The lowest BCUT2D eigenvalue weighted by Gasteiger charge is -2.30. The van der Waals surface area contributed by atoms with Crippen LogP contribution < -0.4 is 0 Å². The highest BCUT2D eigenvalue weighted by molar-refractivity contribution is 7.16. The molecule has 1 unspecified atom stereocenters. The molecule has 2 aromatic rings. The molecule has 1 aliphatic heterocycles. The third kappa shape index (κ3) is 2.97. The van der Waals surface area contributed by atoms with Crippen molar-refractivity contribution in [1.82, 2.24) is 4.90 Å². The standard InChI is InChI=1S/C15H16ClNS.ClH/c1-10-3-5-11(6-4-10)13-8-17(2)9-14-12(13)7-15(16)18-14;/h3-7,13H,8-9H2,1-2H3;1H. The Hall–Kier alpha value is -0.540. The van der Waals surface area contributed by atoms with Crippen LogP contribution in [0.3, 0.4) is 0 Å². The third-order valence-electron chi connectivity index (χ3n) is 3.57. The van der Waals surface area contributed by atoms with E-state index in [0.717, 1.165) is 17.4 Å². The number of hydrogen-bond donors (Lipinski definition) is 0. The van der Waals surface area contributed by atoms with Gasteiger partial charge in [0.2, 0.25) is 0 Å². The first-order chi connectivity index (χ1) is 8.63. The summed E-state index contributed by atoms with van der Waals surface area (Å²) in [5, 5.41) is 0. The fraction of sp³-hybridized carbons (Fsp3) is 0.333. The Labute approximate surface area is 129 Å². The van der Waals surface area contributed by atoms with Crippen LogP contribution in [-0.4, -0.2) is 18.5 Å². The summed E-state index contributed by atoms with van der Waals surface area (Å²) in [5.74, 6) is 0.461. The molecule has 2 heterocycles. The second-order valence-electron chi connectivity index (χ2n) is 5.09. The molecule has 1 nitrogen and oxygen atoms in total. The average molecular weight is 314 g/mol. The monoisotopic (exact) mass is 313 g/mol. The Kier molecular flexibility index (Phi) is 4.57. The molecular formula is C15H17Cl2NS. The summed E-state index contributed by atoms with van der Waals surface area (Å²) >= 11 is 7.90. The lowest BCUT2D eigenvalue weighted by molar-refractivity contribution is 0.299. The highest BCUT2D eigenvalue weighted by Gasteiger charge is 2.26. The molecule has 0 saturated heterocycles. The fourth-order valence-corrected chi connectivity index (χ4v) is 4.05. The summed E-state index contributed by atoms with van der Waals surface area (Å²) < 4.78 is 0.910. The summed E-state index contributed by atoms with van der Waals surface area (Å²) in [6, 6.07) is 11.0. The number of aryl methyl sites for hydroxylation is 1. The Morgan fingerprint density at radius 3 is 2.63 bits per heavy atom. The largest absolute Gasteiger partial charge is 0.300 e. The number of rotatable bonds is 1. The van der Waals surface area contributed by atoms with Crippen molar-refractivity contribution in [2.75, 3.05) is 13.6 Å². The van der Waals surface area contributed by atoms with Gasteiger partial charge in [-0.3, -0.25) is 0 Å². The highest BCUT2D eigenvalue weighted by atomic mass is 35.5. The van der Waals surface area contributed by atoms with E-state index in [1.807, 2.05) is 0 Å². The van der Waals surface area contributed by atoms with E-state index in [-0.39, 0.29) is 12.4 Å². The molecule has 4 heteroatoms. The van der Waals surface area contributed by atoms with E-state index in [1.54, 1.807) is 11.3 Å². The molecule has 0 bridgehead atoms. The van der Waals surface area contributed by atoms with Gasteiger partial charge in [0.1, 0.15) is 0 Å². The van der Waals surface area contributed by atoms with Gasteiger partial charge >= 0.3 is 0 Å². The Morgan fingerprint density at radius 1 is 1.26 bits per heavy atom. The fourth-order valence-electron chi connectivity index (χ4n) is 2.63. The van der Waals surface area contributed by atoms with Crippen molar-refractivity contribution in [3.8, 4) is 0 Å². The van der Waals surface area contributed by atoms with Crippen molar-refractivity contribution in [3.63, 3.8) is 0 Å². The van der Waals surface area contributed by atoms with Crippen LogP contribution in [0.4, 0.5) is 0 Å². The number of hydrogen-bond acceptors (Lipinski definition) is 2. The van der Waals surface area contributed by atoms with Crippen LogP contribution >= 0.6 is 35.3 Å². The van der Waals surface area contributed by atoms with Gasteiger partial charge in [0, 0.05) is 23.9 Å². The van der Waals surface area contributed by atoms with E-state index in [9.17, 15) is 0 Å². The second kappa shape index (κ2) is 5.84. The number of halogens is 2. The van der Waals surface area contributed by atoms with Crippen LogP contribution in [0.15, 0.2) is 30.3 Å². The molecule has 0 aliphatic carbocycles. The minimum atomic E-state index is 0. The molecule has 1 aromatic carbocycles. The average Bonchev–Trinajstić information content (AvgIpc) is 2.69. The minimum Gasteiger partial charge on any atom is -0.300 e. The van der Waals surface area contributed by atoms with Crippen molar-refractivity contribution in [2.45, 2.75) is 19.4 Å². The summed E-state index contributed by atoms with van der Waals surface area (Å²) in [6.45, 7) is 4.22. The van der Waals surface area contributed by atoms with E-state index in [2.05, 4.69) is 49.2 Å². The number of fused-ring (bicyclic) bond motifs is 1. The summed E-state index contributed by atoms with van der Waals surface area (Å²) in [7, 11) is 2.18. The molecule has 0 fully saturated rings. The van der Waals surface area contributed by atoms with Crippen molar-refractivity contribution in [1.29, 1.82) is 0 Å². The van der Waals surface area contributed by atoms with Gasteiger partial charge in [-0.1, -0.05) is 41.4 Å². The number of benzene rings is 1. The van der Waals surface area contributed by atoms with Crippen molar-refractivity contribution in [2.24, 2.45) is 0 Å². The first-order valence-corrected chi connectivity index (χ1v) is 7.36. The maximum atomic E-state index is 6.18. The van der Waals surface area contributed by atoms with Gasteiger partial charge in [-0.05, 0) is 31.2 Å². The van der Waals surface area contributed by atoms with Crippen molar-refractivity contribution >= 4 is 35.3 Å². The van der Waals surface area contributed by atoms with Gasteiger partial charge in [0.05, 0.1) is 4.34 Å². The predicted molar refractivity (Wildman–Crippen MR) is 85.9 cm³/mol. The maximum Gasteiger partial charge on any atom is 0.0934 e. The van der Waals surface area contributed by atoms with Gasteiger partial charge in [0.15, 0.2) is 0 Å². The zero-order valence-corrected chi connectivity index (χ0v) is 13.4. The van der Waals surface area contributed by atoms with Crippen molar-refractivity contribution < 1.29 is 0 Å². The lowest BCUT2D eigenvalue weighted by atomic mass is 9.88. The maximum absolute atomic E-state index is 6.18. The number of likely N-dealkylation sites (N-methyl/N-ethyl adjacent to an activating group) is 1. The molecule has 3 rings (SSSR count). The van der Waals surface area contributed by atoms with E-state index in [4.69, 9.17) is 11.6 Å². The van der Waals surface area contributed by atoms with E-state index in [0.29, 0.717) is 5.92 Å². The predicted octanol–water partition coefficient (Wildman–Crippen LogP) is 4.71. The molecule has 1 aliphatic rings. The lowest BCUT2D eigenvalue weighted by Crippen LogP contribution is -2.29. The molecule has 0 N–H and O–H groups in total. The van der Waals surface area contributed by atoms with E-state index < -0.39 is 0 Å². The second-order valence-corrected chi connectivity index (χ2v) is 6.86. The molecule has 1 atom stereocenters. The van der Waals surface area contributed by atoms with E-state index in [1.165, 1.54) is 21.6 Å². The first-order valence-electron chi connectivity index (χ1n) is 6.16. The molecule has 0 radical (unpaired) electrons. The van der Waals surface area contributed by atoms with Crippen LogP contribution in [0.5, 0.6) is 0 Å². The van der Waals surface area contributed by atoms with Gasteiger partial charge in [-0.15, -0.1) is 23.7 Å². The SMILES string of the molecule is Cc1ccc(C2CN(C)Cc3sc(Cl)cc32)cc1.Cl. The zero-order valence-electron chi connectivity index (χ0n) is 11.0. The molecular weight excluding hydrogens is 297 g/mol. The van der Waals surface area contributed by atoms with Crippen LogP contribution in [0.25, 0.3) is 0 Å². The molecule has 0 saturated carbocycles. The smallest absolute Gasteiger partial charge is 0.0934 e. The quantitative estimate of drug-likeness (QED) is 0.737. The summed E-state index contributed by atoms with van der Waals surface area (Å²) in [5.41, 5.74) is 4.13. The summed E-state index contributed by atoms with van der Waals surface area (Å²) in [6.07, 6.45) is 0. The van der Waals surface area contributed by atoms with Crippen LogP contribution in [0.2, 0.25) is 4.34 Å². The van der Waals surface area contributed by atoms with Gasteiger partial charge in [0.25, 0.3) is 0 Å². The minimum absolute atomic E-state index is 0. The molecule has 102 valence electrons. The Balaban J connectivity index is 0.00000133. The third-order valence-corrected chi connectivity index (χ3v) is 4.84. The van der Waals surface area contributed by atoms with Crippen LogP contribution in [0.1, 0.15) is 27.5 Å². The Bertz CT molecular complexity index is 562. The van der Waals surface area contributed by atoms with Crippen LogP contribution in [-0.2, 0) is 6.54 Å². The highest BCUT2D eigenvalue weighted by Crippen LogP contribution is 2.39. The Morgan fingerprint density at radius 2 is 1.95 bits per heavy atom. The first kappa shape index (κ1) is 14.9. The van der Waals surface area contributed by atoms with Gasteiger partial charge in [-0.2, -0.15) is 0 Å². The number of nitrogens with zero attached hydrogens (tertiary/aromatic N) is 1. The van der Waals surface area contributed by atoms with E-state index >= 15 is 0 Å². The molecule has 1 aromatic heterocycles. The topological polar surface area (TPSA) is 3.24 Å².